The number of nitrogens with one attached hydrogen (secondary N) is 3. The zero-order valence-electron chi connectivity index (χ0n) is 18.6. The maximum absolute atomic E-state index is 12.1. The second-order valence-corrected chi connectivity index (χ2v) is 7.81. The molecule has 1 amide bonds. The number of ether oxygens (including phenoxy) is 1. The van der Waals surface area contributed by atoms with Crippen molar-refractivity contribution in [3.63, 3.8) is 0 Å². The van der Waals surface area contributed by atoms with Crippen molar-refractivity contribution in [1.82, 2.24) is 20.5 Å². The highest BCUT2D eigenvalue weighted by atomic mass is 127. The van der Waals surface area contributed by atoms with Gasteiger partial charge < -0.3 is 20.7 Å². The first-order valence-corrected chi connectivity index (χ1v) is 10.5. The van der Waals surface area contributed by atoms with Crippen LogP contribution in [0.5, 0.6) is 0 Å². The summed E-state index contributed by atoms with van der Waals surface area (Å²) in [5, 5.41) is 9.24. The topological polar surface area (TPSA) is 90.9 Å². The number of halogens is 1. The average molecular weight is 532 g/mol. The predicted octanol–water partition coefficient (Wildman–Crippen LogP) is 2.25. The van der Waals surface area contributed by atoms with Gasteiger partial charge in [-0.2, -0.15) is 0 Å². The summed E-state index contributed by atoms with van der Waals surface area (Å²) in [6.07, 6.45) is 2.18. The molecule has 0 aromatic carbocycles. The van der Waals surface area contributed by atoms with Crippen molar-refractivity contribution < 1.29 is 9.53 Å². The van der Waals surface area contributed by atoms with E-state index >= 15 is 0 Å². The lowest BCUT2D eigenvalue weighted by molar-refractivity contribution is -0.116. The number of aromatic nitrogens is 1. The standard InChI is InChI=1S/C21H36N6O2.HI/c1-5-22-21(25-13-18-15-27(10-11-29-18)14-16(2)3)23-9-8-20(28)26-19-7-6-17(4)12-24-19;/h6-7,12,16,18H,5,8-11,13-15H2,1-4H3,(H2,22,23,25)(H,24,26,28);1H. The third-order valence-corrected chi connectivity index (χ3v) is 4.47. The first-order chi connectivity index (χ1) is 14.0. The quantitative estimate of drug-likeness (QED) is 0.257. The minimum absolute atomic E-state index is 0. The van der Waals surface area contributed by atoms with Crippen LogP contribution in [0.15, 0.2) is 23.3 Å². The lowest BCUT2D eigenvalue weighted by Gasteiger charge is -2.33. The molecule has 3 N–H and O–H groups in total. The Balaban J connectivity index is 0.00000450. The summed E-state index contributed by atoms with van der Waals surface area (Å²) in [4.78, 5) is 23.4. The van der Waals surface area contributed by atoms with Crippen molar-refractivity contribution in [2.45, 2.75) is 40.2 Å². The van der Waals surface area contributed by atoms with Crippen LogP contribution in [0.4, 0.5) is 5.82 Å². The van der Waals surface area contributed by atoms with Crippen LogP contribution in [-0.2, 0) is 9.53 Å². The molecular weight excluding hydrogens is 495 g/mol. The Morgan fingerprint density at radius 3 is 2.83 bits per heavy atom. The molecule has 0 radical (unpaired) electrons. The molecule has 1 atom stereocenters. The fraction of sp³-hybridized carbons (Fsp3) is 0.667. The molecule has 9 heteroatoms. The minimum Gasteiger partial charge on any atom is -0.374 e. The summed E-state index contributed by atoms with van der Waals surface area (Å²) in [6, 6.07) is 3.73. The molecule has 1 unspecified atom stereocenters. The van der Waals surface area contributed by atoms with Gasteiger partial charge in [0.1, 0.15) is 5.82 Å². The highest BCUT2D eigenvalue weighted by molar-refractivity contribution is 14.0. The van der Waals surface area contributed by atoms with Crippen LogP contribution >= 0.6 is 24.0 Å². The van der Waals surface area contributed by atoms with E-state index in [4.69, 9.17) is 4.74 Å². The zero-order chi connectivity index (χ0) is 21.1. The van der Waals surface area contributed by atoms with Gasteiger partial charge in [-0.15, -0.1) is 24.0 Å². The Morgan fingerprint density at radius 2 is 2.17 bits per heavy atom. The molecule has 0 spiro atoms. The van der Waals surface area contributed by atoms with Crippen molar-refractivity contribution in [3.05, 3.63) is 23.9 Å². The molecule has 170 valence electrons. The molecular formula is C21H37IN6O2. The lowest BCUT2D eigenvalue weighted by atomic mass is 10.2. The lowest BCUT2D eigenvalue weighted by Crippen LogP contribution is -2.46. The number of hydrogen-bond acceptors (Lipinski definition) is 5. The molecule has 2 rings (SSSR count). The van der Waals surface area contributed by atoms with E-state index in [1.807, 2.05) is 19.9 Å². The van der Waals surface area contributed by atoms with Crippen molar-refractivity contribution in [2.75, 3.05) is 51.2 Å². The Bertz CT molecular complexity index is 653. The van der Waals surface area contributed by atoms with Gasteiger partial charge in [-0.3, -0.25) is 14.7 Å². The van der Waals surface area contributed by atoms with Gasteiger partial charge in [0.2, 0.25) is 5.91 Å². The number of aryl methyl sites for hydroxylation is 1. The van der Waals surface area contributed by atoms with Crippen LogP contribution in [0, 0.1) is 12.8 Å². The van der Waals surface area contributed by atoms with E-state index in [9.17, 15) is 4.79 Å². The molecule has 1 aliphatic heterocycles. The molecule has 1 aromatic rings. The number of amides is 1. The average Bonchev–Trinajstić information content (AvgIpc) is 2.68. The van der Waals surface area contributed by atoms with Crippen molar-refractivity contribution in [2.24, 2.45) is 10.9 Å². The summed E-state index contributed by atoms with van der Waals surface area (Å²) >= 11 is 0. The van der Waals surface area contributed by atoms with Crippen LogP contribution in [0.25, 0.3) is 0 Å². The van der Waals surface area contributed by atoms with E-state index in [0.717, 1.165) is 38.3 Å². The van der Waals surface area contributed by atoms with Crippen molar-refractivity contribution >= 4 is 41.7 Å². The number of aliphatic imine (C=N–C) groups is 1. The molecule has 1 aliphatic rings. The molecule has 0 bridgehead atoms. The van der Waals surface area contributed by atoms with Gasteiger partial charge in [-0.25, -0.2) is 4.98 Å². The summed E-state index contributed by atoms with van der Waals surface area (Å²) in [6.45, 7) is 14.1. The maximum atomic E-state index is 12.1. The summed E-state index contributed by atoms with van der Waals surface area (Å²) in [5.41, 5.74) is 1.06. The molecule has 0 saturated carbocycles. The van der Waals surface area contributed by atoms with E-state index in [0.29, 0.717) is 37.2 Å². The van der Waals surface area contributed by atoms with E-state index < -0.39 is 0 Å². The smallest absolute Gasteiger partial charge is 0.227 e. The van der Waals surface area contributed by atoms with Crippen LogP contribution in [0.2, 0.25) is 0 Å². The maximum Gasteiger partial charge on any atom is 0.227 e. The van der Waals surface area contributed by atoms with Crippen LogP contribution < -0.4 is 16.0 Å². The Labute approximate surface area is 197 Å². The number of nitrogens with zero attached hydrogens (tertiary/aromatic N) is 3. The van der Waals surface area contributed by atoms with Gasteiger partial charge in [-0.1, -0.05) is 19.9 Å². The normalized spacial score (nSPS) is 17.4. The number of guanidine groups is 1. The largest absolute Gasteiger partial charge is 0.374 e. The third-order valence-electron chi connectivity index (χ3n) is 4.47. The van der Waals surface area contributed by atoms with E-state index in [2.05, 4.69) is 44.7 Å². The highest BCUT2D eigenvalue weighted by Crippen LogP contribution is 2.08. The summed E-state index contributed by atoms with van der Waals surface area (Å²) < 4.78 is 5.86. The van der Waals surface area contributed by atoms with Gasteiger partial charge >= 0.3 is 0 Å². The monoisotopic (exact) mass is 532 g/mol. The fourth-order valence-corrected chi connectivity index (χ4v) is 3.15. The van der Waals surface area contributed by atoms with Gasteiger partial charge in [0, 0.05) is 45.3 Å². The zero-order valence-corrected chi connectivity index (χ0v) is 20.9. The minimum atomic E-state index is -0.0790. The number of rotatable bonds is 9. The first-order valence-electron chi connectivity index (χ1n) is 10.5. The van der Waals surface area contributed by atoms with Crippen molar-refractivity contribution in [3.8, 4) is 0 Å². The molecule has 1 saturated heterocycles. The van der Waals surface area contributed by atoms with Gasteiger partial charge in [0.15, 0.2) is 5.96 Å². The summed E-state index contributed by atoms with van der Waals surface area (Å²) in [5.74, 6) is 1.85. The molecule has 1 fully saturated rings. The van der Waals surface area contributed by atoms with Crippen molar-refractivity contribution in [1.29, 1.82) is 0 Å². The fourth-order valence-electron chi connectivity index (χ4n) is 3.15. The van der Waals surface area contributed by atoms with Crippen LogP contribution in [-0.4, -0.2) is 73.7 Å². The molecule has 2 heterocycles. The van der Waals surface area contributed by atoms with Crippen LogP contribution in [0.3, 0.4) is 0 Å². The number of pyridine rings is 1. The molecule has 30 heavy (non-hydrogen) atoms. The van der Waals surface area contributed by atoms with Gasteiger partial charge in [0.25, 0.3) is 0 Å². The Morgan fingerprint density at radius 1 is 1.37 bits per heavy atom. The highest BCUT2D eigenvalue weighted by Gasteiger charge is 2.20. The second kappa shape index (κ2) is 14.5. The number of carbonyl (C=O) groups excluding carboxylic acids is 1. The Kier molecular flexibility index (Phi) is 12.9. The molecule has 8 nitrogen and oxygen atoms in total. The van der Waals surface area contributed by atoms with Crippen LogP contribution in [0.1, 0.15) is 32.8 Å². The third kappa shape index (κ3) is 10.5. The number of morpholine rings is 1. The predicted molar refractivity (Wildman–Crippen MR) is 133 cm³/mol. The second-order valence-electron chi connectivity index (χ2n) is 7.81. The van der Waals surface area contributed by atoms with E-state index in [1.165, 1.54) is 0 Å². The number of carbonyl (C=O) groups is 1. The van der Waals surface area contributed by atoms with Gasteiger partial charge in [0.05, 0.1) is 19.3 Å². The summed E-state index contributed by atoms with van der Waals surface area (Å²) in [7, 11) is 0. The molecule has 0 aliphatic carbocycles. The molecule has 1 aromatic heterocycles. The SMILES string of the molecule is CCNC(=NCC1CN(CC(C)C)CCO1)NCCC(=O)Nc1ccc(C)cn1.I. The first kappa shape index (κ1) is 26.6. The van der Waals surface area contributed by atoms with Gasteiger partial charge in [-0.05, 0) is 31.4 Å². The number of hydrogen-bond donors (Lipinski definition) is 3. The van der Waals surface area contributed by atoms with E-state index in [-0.39, 0.29) is 36.0 Å². The number of anilines is 1. The van der Waals surface area contributed by atoms with E-state index in [1.54, 1.807) is 12.3 Å². The Hall–Kier alpha value is -1.46.